The lowest BCUT2D eigenvalue weighted by atomic mass is 10.1. The fraction of sp³-hybridized carbons (Fsp3) is 0.269. The zero-order valence-corrected chi connectivity index (χ0v) is 17.5. The minimum Gasteiger partial charge on any atom is -0.489 e. The number of fused-ring (bicyclic) bond motifs is 1. The summed E-state index contributed by atoms with van der Waals surface area (Å²) in [6.07, 6.45) is 2.97. The van der Waals surface area contributed by atoms with Crippen LogP contribution in [0.25, 0.3) is 0 Å². The first-order valence-electron chi connectivity index (χ1n) is 10.7. The van der Waals surface area contributed by atoms with Gasteiger partial charge >= 0.3 is 0 Å². The Balaban J connectivity index is 1.28. The van der Waals surface area contributed by atoms with E-state index in [9.17, 15) is 9.18 Å². The van der Waals surface area contributed by atoms with Crippen LogP contribution in [-0.2, 0) is 24.4 Å². The molecule has 31 heavy (non-hydrogen) atoms. The van der Waals surface area contributed by atoms with Crippen LogP contribution in [0.3, 0.4) is 0 Å². The summed E-state index contributed by atoms with van der Waals surface area (Å²) < 4.78 is 19.6. The summed E-state index contributed by atoms with van der Waals surface area (Å²) in [6.45, 7) is 1.96. The fourth-order valence-corrected chi connectivity index (χ4v) is 3.82. The summed E-state index contributed by atoms with van der Waals surface area (Å²) in [7, 11) is 0. The maximum atomic E-state index is 13.8. The third-order valence-electron chi connectivity index (χ3n) is 5.51. The lowest BCUT2D eigenvalue weighted by molar-refractivity contribution is -0.119. The van der Waals surface area contributed by atoms with Crippen LogP contribution >= 0.6 is 0 Å². The topological polar surface area (TPSA) is 41.6 Å². The van der Waals surface area contributed by atoms with E-state index in [1.807, 2.05) is 65.6 Å². The van der Waals surface area contributed by atoms with Crippen molar-refractivity contribution in [3.63, 3.8) is 0 Å². The highest BCUT2D eigenvalue weighted by Crippen LogP contribution is 2.27. The molecule has 5 heteroatoms. The Morgan fingerprint density at radius 3 is 2.58 bits per heavy atom. The molecule has 0 unspecified atom stereocenters. The lowest BCUT2D eigenvalue weighted by Crippen LogP contribution is -2.37. The first-order valence-corrected chi connectivity index (χ1v) is 10.7. The summed E-state index contributed by atoms with van der Waals surface area (Å²) in [4.78, 5) is 14.5. The van der Waals surface area contributed by atoms with Crippen LogP contribution in [0.4, 0.5) is 10.1 Å². The Morgan fingerprint density at radius 2 is 1.77 bits per heavy atom. The molecule has 1 aliphatic rings. The Hall–Kier alpha value is -3.34. The monoisotopic (exact) mass is 418 g/mol. The number of ether oxygens (including phenoxy) is 1. The van der Waals surface area contributed by atoms with Crippen molar-refractivity contribution in [2.75, 3.05) is 18.0 Å². The molecule has 1 heterocycles. The van der Waals surface area contributed by atoms with Gasteiger partial charge in [-0.05, 0) is 60.2 Å². The summed E-state index contributed by atoms with van der Waals surface area (Å²) >= 11 is 0. The van der Waals surface area contributed by atoms with Gasteiger partial charge in [0.2, 0.25) is 5.91 Å². The number of hydrogen-bond acceptors (Lipinski definition) is 3. The number of amides is 1. The Morgan fingerprint density at radius 1 is 0.968 bits per heavy atom. The number of halogens is 1. The van der Waals surface area contributed by atoms with Crippen LogP contribution in [0, 0.1) is 5.82 Å². The van der Waals surface area contributed by atoms with E-state index in [-0.39, 0.29) is 18.3 Å². The molecule has 0 aliphatic carbocycles. The highest BCUT2D eigenvalue weighted by Gasteiger charge is 2.18. The summed E-state index contributed by atoms with van der Waals surface area (Å²) in [6, 6.07) is 22.6. The summed E-state index contributed by atoms with van der Waals surface area (Å²) in [5, 5.41) is 2.97. The number of hydrogen-bond donors (Lipinski definition) is 1. The van der Waals surface area contributed by atoms with Crippen LogP contribution in [0.5, 0.6) is 5.75 Å². The van der Waals surface area contributed by atoms with Crippen molar-refractivity contribution in [2.45, 2.75) is 32.4 Å². The first-order chi connectivity index (χ1) is 15.2. The quantitative estimate of drug-likeness (QED) is 0.596. The van der Waals surface area contributed by atoms with E-state index in [0.29, 0.717) is 13.2 Å². The number of carbonyl (C=O) groups is 1. The maximum absolute atomic E-state index is 13.8. The van der Waals surface area contributed by atoms with E-state index < -0.39 is 0 Å². The smallest absolute Gasteiger partial charge is 0.239 e. The highest BCUT2D eigenvalue weighted by atomic mass is 19.1. The second-order valence-electron chi connectivity index (χ2n) is 7.85. The van der Waals surface area contributed by atoms with Gasteiger partial charge in [0.15, 0.2) is 0 Å². The number of rotatable bonds is 7. The zero-order chi connectivity index (χ0) is 21.5. The Labute approximate surface area is 182 Å². The van der Waals surface area contributed by atoms with Crippen LogP contribution < -0.4 is 15.0 Å². The van der Waals surface area contributed by atoms with Crippen molar-refractivity contribution < 1.29 is 13.9 Å². The molecule has 0 fully saturated rings. The van der Waals surface area contributed by atoms with Gasteiger partial charge in [-0.25, -0.2) is 4.39 Å². The molecule has 4 rings (SSSR count). The van der Waals surface area contributed by atoms with E-state index in [0.717, 1.165) is 53.9 Å². The molecule has 4 nitrogen and oxygen atoms in total. The molecule has 0 spiro atoms. The Bertz CT molecular complexity index is 1010. The number of aryl methyl sites for hydroxylation is 1. The minimum atomic E-state index is -0.263. The predicted octanol–water partition coefficient (Wildman–Crippen LogP) is 4.86. The third kappa shape index (κ3) is 5.85. The average molecular weight is 419 g/mol. The summed E-state index contributed by atoms with van der Waals surface area (Å²) in [5.41, 5.74) is 4.07. The predicted molar refractivity (Wildman–Crippen MR) is 121 cm³/mol. The molecule has 0 atom stereocenters. The fourth-order valence-electron chi connectivity index (χ4n) is 3.82. The van der Waals surface area contributed by atoms with E-state index in [2.05, 4.69) is 5.32 Å². The summed E-state index contributed by atoms with van der Waals surface area (Å²) in [5.74, 6) is 0.462. The molecule has 0 saturated heterocycles. The van der Waals surface area contributed by atoms with Crippen molar-refractivity contribution in [1.29, 1.82) is 0 Å². The second kappa shape index (κ2) is 10.1. The molecule has 0 bridgehead atoms. The van der Waals surface area contributed by atoms with E-state index in [1.54, 1.807) is 6.07 Å². The molecule has 3 aromatic rings. The molecule has 1 N–H and O–H groups in total. The van der Waals surface area contributed by atoms with Crippen molar-refractivity contribution in [1.82, 2.24) is 5.32 Å². The van der Waals surface area contributed by atoms with Crippen LogP contribution in [0.1, 0.15) is 29.5 Å². The minimum absolute atomic E-state index is 0.0680. The molecule has 160 valence electrons. The zero-order valence-electron chi connectivity index (χ0n) is 17.5. The number of anilines is 1. The van der Waals surface area contributed by atoms with Gasteiger partial charge < -0.3 is 15.0 Å². The molecule has 0 radical (unpaired) electrons. The van der Waals surface area contributed by atoms with Gasteiger partial charge in [-0.3, -0.25) is 4.79 Å². The molecule has 3 aromatic carbocycles. The molecule has 0 aromatic heterocycles. The van der Waals surface area contributed by atoms with Gasteiger partial charge in [0, 0.05) is 18.8 Å². The molecule has 1 aliphatic heterocycles. The van der Waals surface area contributed by atoms with Gasteiger partial charge in [0.25, 0.3) is 0 Å². The molecular weight excluding hydrogens is 391 g/mol. The van der Waals surface area contributed by atoms with Crippen molar-refractivity contribution in [2.24, 2.45) is 0 Å². The van der Waals surface area contributed by atoms with E-state index >= 15 is 0 Å². The van der Waals surface area contributed by atoms with Gasteiger partial charge in [0.1, 0.15) is 18.2 Å². The van der Waals surface area contributed by atoms with Gasteiger partial charge in [-0.2, -0.15) is 0 Å². The Kier molecular flexibility index (Phi) is 6.82. The van der Waals surface area contributed by atoms with Crippen LogP contribution in [0.2, 0.25) is 0 Å². The number of nitrogens with one attached hydrogen (secondary N) is 1. The highest BCUT2D eigenvalue weighted by molar-refractivity contribution is 5.81. The number of nitrogens with zero attached hydrogens (tertiary/aromatic N) is 1. The number of benzene rings is 3. The van der Waals surface area contributed by atoms with E-state index in [4.69, 9.17) is 4.74 Å². The van der Waals surface area contributed by atoms with Crippen LogP contribution in [0.15, 0.2) is 72.8 Å². The van der Waals surface area contributed by atoms with Crippen LogP contribution in [-0.4, -0.2) is 19.0 Å². The SMILES string of the molecule is O=C(CN1CCCCc2ccc(F)cc21)NCc1ccc(OCc2ccccc2)cc1. The first kappa shape index (κ1) is 20.9. The standard InChI is InChI=1S/C26H27FN2O2/c27-23-12-11-22-8-4-5-15-29(25(22)16-23)18-26(30)28-17-20-9-13-24(14-10-20)31-19-21-6-2-1-3-7-21/h1-3,6-7,9-14,16H,4-5,8,15,17-19H2,(H,28,30). The van der Waals surface area contributed by atoms with E-state index in [1.165, 1.54) is 6.07 Å². The maximum Gasteiger partial charge on any atom is 0.239 e. The lowest BCUT2D eigenvalue weighted by Gasteiger charge is -2.24. The molecule has 0 saturated carbocycles. The van der Waals surface area contributed by atoms with Gasteiger partial charge in [-0.15, -0.1) is 0 Å². The van der Waals surface area contributed by atoms with Crippen molar-refractivity contribution in [3.05, 3.63) is 95.3 Å². The van der Waals surface area contributed by atoms with Crippen molar-refractivity contribution in [3.8, 4) is 5.75 Å². The second-order valence-corrected chi connectivity index (χ2v) is 7.85. The largest absolute Gasteiger partial charge is 0.489 e. The average Bonchev–Trinajstić information content (AvgIpc) is 2.99. The molecular formula is C26H27FN2O2. The molecule has 1 amide bonds. The van der Waals surface area contributed by atoms with Crippen molar-refractivity contribution >= 4 is 11.6 Å². The van der Waals surface area contributed by atoms with Gasteiger partial charge in [0.05, 0.1) is 6.54 Å². The number of carbonyl (C=O) groups excluding carboxylic acids is 1. The van der Waals surface area contributed by atoms with Gasteiger partial charge in [-0.1, -0.05) is 48.5 Å². The normalized spacial score (nSPS) is 13.3. The third-order valence-corrected chi connectivity index (χ3v) is 5.51.